The Morgan fingerprint density at radius 3 is 2.40 bits per heavy atom. The molecule has 0 spiro atoms. The first-order valence-electron chi connectivity index (χ1n) is 5.83. The summed E-state index contributed by atoms with van der Waals surface area (Å²) in [5.74, 6) is -0.0935. The molecule has 1 unspecified atom stereocenters. The number of amides is 1. The van der Waals surface area contributed by atoms with Crippen molar-refractivity contribution >= 4 is 44.8 Å². The third-order valence-corrected chi connectivity index (χ3v) is 5.32. The molecule has 1 aliphatic heterocycles. The largest absolute Gasteiger partial charge is 0.399 e. The Labute approximate surface area is 126 Å². The molecular formula is C11H13Cl2N3O3S. The van der Waals surface area contributed by atoms with Crippen LogP contribution in [0.5, 0.6) is 0 Å². The number of nitrogens with one attached hydrogen (secondary N) is 2. The molecule has 2 rings (SSSR count). The maximum absolute atomic E-state index is 12.3. The third kappa shape index (κ3) is 3.35. The van der Waals surface area contributed by atoms with Crippen molar-refractivity contribution in [1.82, 2.24) is 10.0 Å². The summed E-state index contributed by atoms with van der Waals surface area (Å²) >= 11 is 11.8. The zero-order chi connectivity index (χ0) is 14.9. The molecule has 1 amide bonds. The van der Waals surface area contributed by atoms with Gasteiger partial charge in [0.25, 0.3) is 0 Å². The van der Waals surface area contributed by atoms with Crippen LogP contribution in [0.4, 0.5) is 5.69 Å². The van der Waals surface area contributed by atoms with Crippen molar-refractivity contribution in [1.29, 1.82) is 0 Å². The molecule has 1 aromatic carbocycles. The number of halogens is 2. The second kappa shape index (κ2) is 5.77. The number of benzene rings is 1. The molecule has 4 N–H and O–H groups in total. The molecule has 9 heteroatoms. The molecule has 0 saturated carbocycles. The van der Waals surface area contributed by atoms with Gasteiger partial charge in [0.2, 0.25) is 15.9 Å². The lowest BCUT2D eigenvalue weighted by atomic mass is 10.1. The lowest BCUT2D eigenvalue weighted by Gasteiger charge is -2.23. The summed E-state index contributed by atoms with van der Waals surface area (Å²) in [6.45, 7) is 0.238. The zero-order valence-electron chi connectivity index (χ0n) is 10.3. The van der Waals surface area contributed by atoms with Crippen LogP contribution in [-0.4, -0.2) is 26.9 Å². The number of nitrogens with two attached hydrogens (primary N) is 1. The quantitative estimate of drug-likeness (QED) is 0.719. The lowest BCUT2D eigenvalue weighted by Crippen LogP contribution is -2.47. The highest BCUT2D eigenvalue weighted by molar-refractivity contribution is 7.89. The fraction of sp³-hybridized carbons (Fsp3) is 0.364. The van der Waals surface area contributed by atoms with Crippen molar-refractivity contribution in [2.75, 3.05) is 12.3 Å². The maximum Gasteiger partial charge on any atom is 0.243 e. The van der Waals surface area contributed by atoms with E-state index in [1.807, 2.05) is 0 Å². The Balaban J connectivity index is 2.25. The van der Waals surface area contributed by atoms with Crippen LogP contribution in [0.3, 0.4) is 0 Å². The lowest BCUT2D eigenvalue weighted by molar-refractivity contribution is -0.122. The monoisotopic (exact) mass is 337 g/mol. The van der Waals surface area contributed by atoms with Gasteiger partial charge in [-0.3, -0.25) is 4.79 Å². The van der Waals surface area contributed by atoms with Gasteiger partial charge >= 0.3 is 0 Å². The minimum absolute atomic E-state index is 0.0395. The predicted molar refractivity (Wildman–Crippen MR) is 77.2 cm³/mol. The van der Waals surface area contributed by atoms with Crippen molar-refractivity contribution in [2.45, 2.75) is 23.8 Å². The minimum Gasteiger partial charge on any atom is -0.399 e. The van der Waals surface area contributed by atoms with Crippen LogP contribution in [0, 0.1) is 0 Å². The standard InChI is InChI=1S/C11H13Cl2N3O3S/c12-8-3-6(14)4-9(13)11(8)20(18,19)16-7-1-2-10(17)15-5-7/h3-4,7,16H,1-2,5,14H2,(H,15,17). The highest BCUT2D eigenvalue weighted by atomic mass is 35.5. The normalized spacial score (nSPS) is 19.7. The first-order chi connectivity index (χ1) is 9.29. The molecule has 0 radical (unpaired) electrons. The summed E-state index contributed by atoms with van der Waals surface area (Å²) < 4.78 is 27.1. The van der Waals surface area contributed by atoms with E-state index in [0.29, 0.717) is 6.42 Å². The first-order valence-corrected chi connectivity index (χ1v) is 8.07. The van der Waals surface area contributed by atoms with E-state index in [9.17, 15) is 13.2 Å². The highest BCUT2D eigenvalue weighted by Crippen LogP contribution is 2.32. The number of carbonyl (C=O) groups is 1. The van der Waals surface area contributed by atoms with E-state index >= 15 is 0 Å². The number of hydrogen-bond donors (Lipinski definition) is 3. The van der Waals surface area contributed by atoms with E-state index in [1.54, 1.807) is 0 Å². The molecule has 1 aliphatic rings. The smallest absolute Gasteiger partial charge is 0.243 e. The topological polar surface area (TPSA) is 101 Å². The van der Waals surface area contributed by atoms with Crippen molar-refractivity contribution in [3.05, 3.63) is 22.2 Å². The molecular weight excluding hydrogens is 325 g/mol. The molecule has 0 aromatic heterocycles. The predicted octanol–water partition coefficient (Wildman–Crippen LogP) is 1.13. The third-order valence-electron chi connectivity index (χ3n) is 2.88. The number of nitrogen functional groups attached to an aromatic ring is 1. The van der Waals surface area contributed by atoms with Gasteiger partial charge in [-0.1, -0.05) is 23.2 Å². The Morgan fingerprint density at radius 2 is 1.90 bits per heavy atom. The molecule has 1 atom stereocenters. The Bertz CT molecular complexity index is 615. The molecule has 1 heterocycles. The highest BCUT2D eigenvalue weighted by Gasteiger charge is 2.27. The van der Waals surface area contributed by atoms with Crippen LogP contribution >= 0.6 is 23.2 Å². The van der Waals surface area contributed by atoms with E-state index in [-0.39, 0.29) is 45.5 Å². The second-order valence-corrected chi connectivity index (χ2v) is 6.94. The summed E-state index contributed by atoms with van der Waals surface area (Å²) in [4.78, 5) is 10.8. The van der Waals surface area contributed by atoms with Gasteiger partial charge in [-0.2, -0.15) is 0 Å². The minimum atomic E-state index is -3.88. The zero-order valence-corrected chi connectivity index (χ0v) is 12.6. The van der Waals surface area contributed by atoms with Crippen molar-refractivity contribution < 1.29 is 13.2 Å². The summed E-state index contributed by atoms with van der Waals surface area (Å²) in [5, 5.41) is 2.51. The number of rotatable bonds is 3. The van der Waals surface area contributed by atoms with Crippen molar-refractivity contribution in [3.8, 4) is 0 Å². The average Bonchev–Trinajstić information content (AvgIpc) is 2.30. The summed E-state index contributed by atoms with van der Waals surface area (Å²) in [5.41, 5.74) is 5.82. The Morgan fingerprint density at radius 1 is 1.30 bits per heavy atom. The second-order valence-electron chi connectivity index (χ2n) is 4.47. The average molecular weight is 338 g/mol. The van der Waals surface area contributed by atoms with E-state index in [2.05, 4.69) is 10.0 Å². The molecule has 0 aliphatic carbocycles. The van der Waals surface area contributed by atoms with Gasteiger partial charge in [-0.15, -0.1) is 0 Å². The summed E-state index contributed by atoms with van der Waals surface area (Å²) in [6, 6.07) is 2.26. The van der Waals surface area contributed by atoms with Gasteiger partial charge in [0.1, 0.15) is 4.90 Å². The van der Waals surface area contributed by atoms with Gasteiger partial charge in [0, 0.05) is 24.7 Å². The van der Waals surface area contributed by atoms with Crippen molar-refractivity contribution in [2.24, 2.45) is 0 Å². The van der Waals surface area contributed by atoms with Crippen LogP contribution < -0.4 is 15.8 Å². The van der Waals surface area contributed by atoms with Crippen LogP contribution in [0.1, 0.15) is 12.8 Å². The number of piperidine rings is 1. The summed E-state index contributed by atoms with van der Waals surface area (Å²) in [6.07, 6.45) is 0.700. The van der Waals surface area contributed by atoms with Gasteiger partial charge in [0.05, 0.1) is 10.0 Å². The molecule has 6 nitrogen and oxygen atoms in total. The molecule has 20 heavy (non-hydrogen) atoms. The fourth-order valence-electron chi connectivity index (χ4n) is 1.95. The van der Waals surface area contributed by atoms with E-state index in [4.69, 9.17) is 28.9 Å². The Hall–Kier alpha value is -1.02. The fourth-order valence-corrected chi connectivity index (χ4v) is 4.45. The number of hydrogen-bond acceptors (Lipinski definition) is 4. The van der Waals surface area contributed by atoms with E-state index in [1.165, 1.54) is 12.1 Å². The van der Waals surface area contributed by atoms with Crippen LogP contribution in [0.25, 0.3) is 0 Å². The first kappa shape index (κ1) is 15.4. The Kier molecular flexibility index (Phi) is 4.43. The SMILES string of the molecule is Nc1cc(Cl)c(S(=O)(=O)NC2CCC(=O)NC2)c(Cl)c1. The van der Waals surface area contributed by atoms with Gasteiger partial charge in [-0.05, 0) is 18.6 Å². The van der Waals surface area contributed by atoms with Gasteiger partial charge < -0.3 is 11.1 Å². The van der Waals surface area contributed by atoms with Gasteiger partial charge in [0.15, 0.2) is 0 Å². The molecule has 1 fully saturated rings. The van der Waals surface area contributed by atoms with E-state index in [0.717, 1.165) is 0 Å². The molecule has 110 valence electrons. The molecule has 1 saturated heterocycles. The number of anilines is 1. The molecule has 1 aromatic rings. The van der Waals surface area contributed by atoms with Crippen LogP contribution in [0.15, 0.2) is 17.0 Å². The number of sulfonamides is 1. The maximum atomic E-state index is 12.3. The summed E-state index contributed by atoms with van der Waals surface area (Å²) in [7, 11) is -3.88. The van der Waals surface area contributed by atoms with Crippen molar-refractivity contribution in [3.63, 3.8) is 0 Å². The molecule has 0 bridgehead atoms. The van der Waals surface area contributed by atoms with Crippen LogP contribution in [-0.2, 0) is 14.8 Å². The van der Waals surface area contributed by atoms with Crippen LogP contribution in [0.2, 0.25) is 10.0 Å². The van der Waals surface area contributed by atoms with Gasteiger partial charge in [-0.25, -0.2) is 13.1 Å². The van der Waals surface area contributed by atoms with E-state index < -0.39 is 10.0 Å². The number of carbonyl (C=O) groups excluding carboxylic acids is 1.